The topological polar surface area (TPSA) is 93.5 Å². The third-order valence-corrected chi connectivity index (χ3v) is 5.54. The molecule has 8 nitrogen and oxygen atoms in total. The number of carbonyl (C=O) groups is 1. The molecule has 0 aliphatic heterocycles. The van der Waals surface area contributed by atoms with Crippen molar-refractivity contribution in [2.45, 2.75) is 18.7 Å². The Balaban J connectivity index is 2.22. The number of amides is 1. The number of methoxy groups -OCH3 is 1. The molecule has 0 aliphatic carbocycles. The van der Waals surface area contributed by atoms with Gasteiger partial charge in [0.2, 0.25) is 0 Å². The van der Waals surface area contributed by atoms with Crippen LogP contribution >= 0.6 is 0 Å². The van der Waals surface area contributed by atoms with E-state index < -0.39 is 15.9 Å². The number of carbonyl (C=O) groups excluding carboxylic acids is 1. The van der Waals surface area contributed by atoms with E-state index in [0.29, 0.717) is 17.6 Å². The van der Waals surface area contributed by atoms with Crippen molar-refractivity contribution in [3.05, 3.63) is 24.5 Å². The maximum absolute atomic E-state index is 12.5. The Bertz CT molecular complexity index is 812. The lowest BCUT2D eigenvalue weighted by atomic mass is 10.3. The van der Waals surface area contributed by atoms with Gasteiger partial charge in [-0.2, -0.15) is 0 Å². The minimum Gasteiger partial charge on any atom is -0.452 e. The number of hydrogen-bond acceptors (Lipinski definition) is 6. The van der Waals surface area contributed by atoms with Gasteiger partial charge in [-0.1, -0.05) is 13.8 Å². The highest BCUT2D eigenvalue weighted by molar-refractivity contribution is 7.91. The fourth-order valence-corrected chi connectivity index (χ4v) is 3.63. The SMILES string of the molecule is CCN(CC)CCS(=O)(=O)c1ccc2c(c1)ncn2NC(=O)OC. The van der Waals surface area contributed by atoms with Crippen LogP contribution in [0.3, 0.4) is 0 Å². The molecule has 0 atom stereocenters. The van der Waals surface area contributed by atoms with Gasteiger partial charge in [-0.3, -0.25) is 0 Å². The molecule has 1 aromatic heterocycles. The Morgan fingerprint density at radius 3 is 2.67 bits per heavy atom. The van der Waals surface area contributed by atoms with Crippen molar-refractivity contribution >= 4 is 27.0 Å². The largest absolute Gasteiger partial charge is 0.452 e. The van der Waals surface area contributed by atoms with Gasteiger partial charge in [-0.15, -0.1) is 0 Å². The highest BCUT2D eigenvalue weighted by Crippen LogP contribution is 2.19. The van der Waals surface area contributed by atoms with Crippen LogP contribution in [0.25, 0.3) is 11.0 Å². The number of ether oxygens (including phenoxy) is 1. The lowest BCUT2D eigenvalue weighted by molar-refractivity contribution is 0.183. The highest BCUT2D eigenvalue weighted by Gasteiger charge is 2.17. The van der Waals surface area contributed by atoms with Crippen LogP contribution in [0.1, 0.15) is 13.8 Å². The fourth-order valence-electron chi connectivity index (χ4n) is 2.33. The number of nitrogens with one attached hydrogen (secondary N) is 1. The quantitative estimate of drug-likeness (QED) is 0.809. The number of benzene rings is 1. The molecule has 1 amide bonds. The lowest BCUT2D eigenvalue weighted by Crippen LogP contribution is -2.29. The Labute approximate surface area is 141 Å². The standard InChI is InChI=1S/C15H22N4O4S/c1-4-18(5-2)8-9-24(21,22)12-6-7-14-13(10-12)16-11-19(14)17-15(20)23-3/h6-7,10-11H,4-5,8-9H2,1-3H3,(H,17,20). The molecule has 0 unspecified atom stereocenters. The van der Waals surface area contributed by atoms with Crippen LogP contribution in [-0.2, 0) is 14.6 Å². The normalized spacial score (nSPS) is 11.8. The van der Waals surface area contributed by atoms with Crippen LogP contribution in [0, 0.1) is 0 Å². The zero-order valence-corrected chi connectivity index (χ0v) is 14.8. The van der Waals surface area contributed by atoms with Crippen molar-refractivity contribution in [2.75, 3.05) is 37.9 Å². The number of sulfone groups is 1. The minimum absolute atomic E-state index is 0.0569. The third-order valence-electron chi connectivity index (χ3n) is 3.85. The van der Waals surface area contributed by atoms with Gasteiger partial charge in [-0.25, -0.2) is 28.3 Å². The zero-order valence-electron chi connectivity index (χ0n) is 14.0. The first-order chi connectivity index (χ1) is 11.4. The molecular weight excluding hydrogens is 332 g/mol. The van der Waals surface area contributed by atoms with Crippen LogP contribution in [0.5, 0.6) is 0 Å². The summed E-state index contributed by atoms with van der Waals surface area (Å²) in [5, 5.41) is 0. The molecule has 0 fully saturated rings. The molecule has 0 saturated heterocycles. The van der Waals surface area contributed by atoms with Crippen molar-refractivity contribution in [1.29, 1.82) is 0 Å². The number of aromatic nitrogens is 2. The molecule has 24 heavy (non-hydrogen) atoms. The van der Waals surface area contributed by atoms with Crippen molar-refractivity contribution in [3.63, 3.8) is 0 Å². The molecule has 1 N–H and O–H groups in total. The molecule has 1 heterocycles. The van der Waals surface area contributed by atoms with Gasteiger partial charge in [0.1, 0.15) is 6.33 Å². The predicted octanol–water partition coefficient (Wildman–Crippen LogP) is 1.46. The highest BCUT2D eigenvalue weighted by atomic mass is 32.2. The summed E-state index contributed by atoms with van der Waals surface area (Å²) >= 11 is 0. The summed E-state index contributed by atoms with van der Waals surface area (Å²) in [5.74, 6) is 0.0569. The summed E-state index contributed by atoms with van der Waals surface area (Å²) in [6.07, 6.45) is 0.763. The van der Waals surface area contributed by atoms with E-state index in [2.05, 4.69) is 20.0 Å². The Hall–Kier alpha value is -2.13. The van der Waals surface area contributed by atoms with E-state index >= 15 is 0 Å². The molecule has 0 aliphatic rings. The van der Waals surface area contributed by atoms with Crippen molar-refractivity contribution in [1.82, 2.24) is 14.6 Å². The number of fused-ring (bicyclic) bond motifs is 1. The van der Waals surface area contributed by atoms with Gasteiger partial charge in [0.25, 0.3) is 0 Å². The molecule has 0 saturated carbocycles. The average molecular weight is 354 g/mol. The molecule has 9 heteroatoms. The van der Waals surface area contributed by atoms with Gasteiger partial charge in [0.05, 0.1) is 28.8 Å². The van der Waals surface area contributed by atoms with E-state index in [4.69, 9.17) is 0 Å². The predicted molar refractivity (Wildman–Crippen MR) is 91.3 cm³/mol. The second-order valence-corrected chi connectivity index (χ2v) is 7.32. The van der Waals surface area contributed by atoms with Gasteiger partial charge in [0.15, 0.2) is 9.84 Å². The monoisotopic (exact) mass is 354 g/mol. The van der Waals surface area contributed by atoms with Crippen molar-refractivity contribution in [3.8, 4) is 0 Å². The maximum Gasteiger partial charge on any atom is 0.426 e. The lowest BCUT2D eigenvalue weighted by Gasteiger charge is -2.17. The molecule has 1 aromatic carbocycles. The summed E-state index contributed by atoms with van der Waals surface area (Å²) in [6.45, 7) is 6.13. The smallest absolute Gasteiger partial charge is 0.426 e. The fraction of sp³-hybridized carbons (Fsp3) is 0.467. The number of nitrogens with zero attached hydrogens (tertiary/aromatic N) is 3. The summed E-state index contributed by atoms with van der Waals surface area (Å²) in [5.41, 5.74) is 3.53. The first-order valence-electron chi connectivity index (χ1n) is 7.68. The Morgan fingerprint density at radius 2 is 2.04 bits per heavy atom. The van der Waals surface area contributed by atoms with E-state index in [0.717, 1.165) is 13.1 Å². The van der Waals surface area contributed by atoms with Gasteiger partial charge in [-0.05, 0) is 31.3 Å². The van der Waals surface area contributed by atoms with Gasteiger partial charge < -0.3 is 9.64 Å². The number of hydrogen-bond donors (Lipinski definition) is 1. The van der Waals surface area contributed by atoms with E-state index in [-0.39, 0.29) is 10.6 Å². The van der Waals surface area contributed by atoms with Crippen LogP contribution in [0.2, 0.25) is 0 Å². The first-order valence-corrected chi connectivity index (χ1v) is 9.33. The zero-order chi connectivity index (χ0) is 17.7. The second-order valence-electron chi connectivity index (χ2n) is 5.21. The van der Waals surface area contributed by atoms with Crippen LogP contribution in [0.4, 0.5) is 4.79 Å². The molecule has 0 bridgehead atoms. The van der Waals surface area contributed by atoms with Gasteiger partial charge >= 0.3 is 6.09 Å². The minimum atomic E-state index is -3.39. The molecule has 2 aromatic rings. The second kappa shape index (κ2) is 7.63. The van der Waals surface area contributed by atoms with Crippen LogP contribution in [-0.4, -0.2) is 61.6 Å². The Kier molecular flexibility index (Phi) is 5.79. The summed E-state index contributed by atoms with van der Waals surface area (Å²) < 4.78 is 30.9. The summed E-state index contributed by atoms with van der Waals surface area (Å²) in [7, 11) is -2.13. The van der Waals surface area contributed by atoms with Crippen molar-refractivity contribution < 1.29 is 17.9 Å². The van der Waals surface area contributed by atoms with Gasteiger partial charge in [0, 0.05) is 6.54 Å². The van der Waals surface area contributed by atoms with Crippen LogP contribution in [0.15, 0.2) is 29.4 Å². The van der Waals surface area contributed by atoms with E-state index in [9.17, 15) is 13.2 Å². The maximum atomic E-state index is 12.5. The number of rotatable bonds is 7. The summed E-state index contributed by atoms with van der Waals surface area (Å²) in [4.78, 5) is 17.7. The molecule has 0 radical (unpaired) electrons. The van der Waals surface area contributed by atoms with E-state index in [1.807, 2.05) is 13.8 Å². The van der Waals surface area contributed by atoms with Crippen molar-refractivity contribution in [2.24, 2.45) is 0 Å². The first kappa shape index (κ1) is 18.2. The molecule has 132 valence electrons. The average Bonchev–Trinajstić information content (AvgIpc) is 2.97. The van der Waals surface area contributed by atoms with Crippen LogP contribution < -0.4 is 5.43 Å². The summed E-state index contributed by atoms with van der Waals surface area (Å²) in [6, 6.07) is 4.65. The third kappa shape index (κ3) is 4.04. The van der Waals surface area contributed by atoms with E-state index in [1.165, 1.54) is 30.2 Å². The Morgan fingerprint density at radius 1 is 1.33 bits per heavy atom. The molecule has 0 spiro atoms. The molecular formula is C15H22N4O4S. The van der Waals surface area contributed by atoms with E-state index in [1.54, 1.807) is 6.07 Å². The number of imidazole rings is 1. The molecule has 2 rings (SSSR count).